The molecule has 0 saturated carbocycles. The average molecular weight is 367 g/mol. The number of benzene rings is 2. The molecule has 3 aliphatic rings. The molecule has 0 spiro atoms. The minimum Gasteiger partial charge on any atom is -0.493 e. The Balaban J connectivity index is 1.72. The molecule has 0 bridgehead atoms. The predicted octanol–water partition coefficient (Wildman–Crippen LogP) is 4.51. The van der Waals surface area contributed by atoms with Crippen molar-refractivity contribution in [2.24, 2.45) is 0 Å². The lowest BCUT2D eigenvalue weighted by molar-refractivity contribution is 0.341. The molecule has 1 fully saturated rings. The van der Waals surface area contributed by atoms with Gasteiger partial charge in [0, 0.05) is 53.3 Å². The Hall–Kier alpha value is -1.65. The van der Waals surface area contributed by atoms with Crippen molar-refractivity contribution in [1.29, 1.82) is 0 Å². The van der Waals surface area contributed by atoms with Crippen molar-refractivity contribution < 1.29 is 4.74 Å². The summed E-state index contributed by atoms with van der Waals surface area (Å²) in [5.74, 6) is 2.92. The maximum atomic E-state index is 5.97. The fraction of sp³-hybridized carbons (Fsp3) is 0.455. The Bertz CT molecular complexity index is 822. The van der Waals surface area contributed by atoms with Crippen molar-refractivity contribution in [2.75, 3.05) is 36.9 Å². The van der Waals surface area contributed by atoms with Crippen LogP contribution in [0.5, 0.6) is 5.75 Å². The molecule has 2 aromatic carbocycles. The van der Waals surface area contributed by atoms with Gasteiger partial charge in [0.25, 0.3) is 0 Å². The Morgan fingerprint density at radius 1 is 1.19 bits per heavy atom. The van der Waals surface area contributed by atoms with Gasteiger partial charge in [-0.25, -0.2) is 0 Å². The minimum atomic E-state index is 0.608. The molecule has 1 saturated heterocycles. The number of hydrogen-bond acceptors (Lipinski definition) is 4. The number of piperazine rings is 1. The first-order valence-electron chi connectivity index (χ1n) is 9.87. The highest BCUT2D eigenvalue weighted by molar-refractivity contribution is 7.99. The number of nitrogens with one attached hydrogen (secondary N) is 1. The molecule has 3 aliphatic heterocycles. The van der Waals surface area contributed by atoms with Gasteiger partial charge in [0.05, 0.1) is 6.61 Å². The summed E-state index contributed by atoms with van der Waals surface area (Å²) >= 11 is 2.05. The lowest BCUT2D eigenvalue weighted by Crippen LogP contribution is -2.50. The Morgan fingerprint density at radius 2 is 2.12 bits per heavy atom. The van der Waals surface area contributed by atoms with Crippen LogP contribution in [0.3, 0.4) is 0 Å². The molecule has 0 radical (unpaired) electrons. The van der Waals surface area contributed by atoms with Gasteiger partial charge >= 0.3 is 0 Å². The number of rotatable bonds is 3. The third-order valence-corrected chi connectivity index (χ3v) is 7.14. The topological polar surface area (TPSA) is 24.5 Å². The van der Waals surface area contributed by atoms with Crippen molar-refractivity contribution in [3.63, 3.8) is 0 Å². The van der Waals surface area contributed by atoms with Crippen LogP contribution < -0.4 is 15.0 Å². The normalized spacial score (nSPS) is 24.0. The average Bonchev–Trinajstić information content (AvgIpc) is 2.86. The van der Waals surface area contributed by atoms with Crippen molar-refractivity contribution in [3.8, 4) is 16.9 Å². The van der Waals surface area contributed by atoms with Gasteiger partial charge in [0.15, 0.2) is 0 Å². The van der Waals surface area contributed by atoms with E-state index in [-0.39, 0.29) is 0 Å². The van der Waals surface area contributed by atoms with E-state index in [9.17, 15) is 0 Å². The first kappa shape index (κ1) is 16.5. The highest BCUT2D eigenvalue weighted by Crippen LogP contribution is 2.54. The second kappa shape index (κ2) is 6.82. The highest BCUT2D eigenvalue weighted by atomic mass is 32.2. The van der Waals surface area contributed by atoms with Crippen LogP contribution >= 0.6 is 11.8 Å². The number of anilines is 1. The zero-order chi connectivity index (χ0) is 17.5. The largest absolute Gasteiger partial charge is 0.493 e. The molecular formula is C22H26N2OS. The molecule has 2 unspecified atom stereocenters. The first-order valence-corrected chi connectivity index (χ1v) is 10.9. The third-order valence-electron chi connectivity index (χ3n) is 5.98. The summed E-state index contributed by atoms with van der Waals surface area (Å²) in [5, 5.41) is 3.64. The van der Waals surface area contributed by atoms with Crippen molar-refractivity contribution in [3.05, 3.63) is 42.0 Å². The smallest absolute Gasteiger partial charge is 0.127 e. The molecule has 3 heterocycles. The zero-order valence-corrected chi connectivity index (χ0v) is 16.1. The van der Waals surface area contributed by atoms with Crippen molar-refractivity contribution in [2.45, 2.75) is 36.6 Å². The minimum absolute atomic E-state index is 0.608. The highest BCUT2D eigenvalue weighted by Gasteiger charge is 2.43. The molecule has 2 atom stereocenters. The van der Waals surface area contributed by atoms with E-state index in [4.69, 9.17) is 4.74 Å². The maximum Gasteiger partial charge on any atom is 0.127 e. The van der Waals surface area contributed by atoms with E-state index >= 15 is 0 Å². The fourth-order valence-corrected chi connectivity index (χ4v) is 6.05. The predicted molar refractivity (Wildman–Crippen MR) is 110 cm³/mol. The summed E-state index contributed by atoms with van der Waals surface area (Å²) in [5.41, 5.74) is 5.69. The Morgan fingerprint density at radius 3 is 3.04 bits per heavy atom. The summed E-state index contributed by atoms with van der Waals surface area (Å²) in [4.78, 5) is 4.21. The van der Waals surface area contributed by atoms with E-state index in [0.717, 1.165) is 25.4 Å². The molecule has 4 heteroatoms. The van der Waals surface area contributed by atoms with Gasteiger partial charge < -0.3 is 15.0 Å². The molecule has 136 valence electrons. The summed E-state index contributed by atoms with van der Waals surface area (Å²) < 4.78 is 5.97. The monoisotopic (exact) mass is 366 g/mol. The van der Waals surface area contributed by atoms with Gasteiger partial charge in [-0.1, -0.05) is 24.3 Å². The van der Waals surface area contributed by atoms with Crippen molar-refractivity contribution >= 4 is 17.4 Å². The quantitative estimate of drug-likeness (QED) is 0.864. The molecule has 0 amide bonds. The number of hydrogen-bond donors (Lipinski definition) is 1. The third kappa shape index (κ3) is 2.54. The fourth-order valence-electron chi connectivity index (χ4n) is 4.95. The number of fused-ring (bicyclic) bond motifs is 3. The number of ether oxygens (including phenoxy) is 1. The molecule has 26 heavy (non-hydrogen) atoms. The molecule has 1 N–H and O–H groups in total. The molecule has 3 nitrogen and oxygen atoms in total. The molecule has 0 aromatic heterocycles. The summed E-state index contributed by atoms with van der Waals surface area (Å²) in [6.07, 6.45) is 2.63. The summed E-state index contributed by atoms with van der Waals surface area (Å²) in [6, 6.07) is 13.8. The van der Waals surface area contributed by atoms with Gasteiger partial charge in [0.1, 0.15) is 5.75 Å². The van der Waals surface area contributed by atoms with Gasteiger partial charge in [-0.3, -0.25) is 0 Å². The lowest BCUT2D eigenvalue weighted by atomic mass is 9.89. The second-order valence-electron chi connectivity index (χ2n) is 7.36. The van der Waals surface area contributed by atoms with Gasteiger partial charge in [0.2, 0.25) is 0 Å². The van der Waals surface area contributed by atoms with Crippen LogP contribution in [0.2, 0.25) is 0 Å². The zero-order valence-electron chi connectivity index (χ0n) is 15.3. The standard InChI is InChI=1S/C22H26N2OS/c1-2-25-19-8-4-3-6-15(19)16-9-10-20-21-17(7-5-13-26-20)18-14-23-11-12-24(18)22(16)21/h3-4,6,8-10,17-18,23H,2,5,7,11-14H2,1H3. The summed E-state index contributed by atoms with van der Waals surface area (Å²) in [7, 11) is 0. The van der Waals surface area contributed by atoms with Crippen LogP contribution in [0, 0.1) is 0 Å². The van der Waals surface area contributed by atoms with Crippen LogP contribution in [0.25, 0.3) is 11.1 Å². The molecule has 2 aromatic rings. The molecule has 0 aliphatic carbocycles. The van der Waals surface area contributed by atoms with Gasteiger partial charge in [-0.05, 0) is 43.2 Å². The van der Waals surface area contributed by atoms with E-state index in [1.165, 1.54) is 40.3 Å². The molecular weight excluding hydrogens is 340 g/mol. The van der Waals surface area contributed by atoms with Crippen molar-refractivity contribution in [1.82, 2.24) is 5.32 Å². The number of nitrogens with zero attached hydrogens (tertiary/aromatic N) is 1. The van der Waals surface area contributed by atoms with Crippen LogP contribution in [0.4, 0.5) is 5.69 Å². The lowest BCUT2D eigenvalue weighted by Gasteiger charge is -2.36. The first-order chi connectivity index (χ1) is 12.9. The van der Waals surface area contributed by atoms with E-state index in [0.29, 0.717) is 18.6 Å². The van der Waals surface area contributed by atoms with Crippen LogP contribution in [0.1, 0.15) is 31.2 Å². The molecule has 5 rings (SSSR count). The SMILES string of the molecule is CCOc1ccccc1-c1ccc2c3c1N1CCNCC1C3CCCS2. The van der Waals surface area contributed by atoms with Gasteiger partial charge in [-0.15, -0.1) is 11.8 Å². The Kier molecular flexibility index (Phi) is 4.33. The van der Waals surface area contributed by atoms with Crippen LogP contribution in [-0.4, -0.2) is 38.0 Å². The number of thioether (sulfide) groups is 1. The Labute approximate surface area is 160 Å². The van der Waals surface area contributed by atoms with E-state index < -0.39 is 0 Å². The maximum absolute atomic E-state index is 5.97. The second-order valence-corrected chi connectivity index (χ2v) is 8.50. The van der Waals surface area contributed by atoms with E-state index in [1.54, 1.807) is 5.56 Å². The number of para-hydroxylation sites is 1. The van der Waals surface area contributed by atoms with Crippen LogP contribution in [0.15, 0.2) is 41.3 Å². The van der Waals surface area contributed by atoms with Crippen LogP contribution in [-0.2, 0) is 0 Å². The van der Waals surface area contributed by atoms with E-state index in [2.05, 4.69) is 65.3 Å². The van der Waals surface area contributed by atoms with E-state index in [1.807, 2.05) is 0 Å². The summed E-state index contributed by atoms with van der Waals surface area (Å²) in [6.45, 7) is 6.05. The van der Waals surface area contributed by atoms with Gasteiger partial charge in [-0.2, -0.15) is 0 Å².